The van der Waals surface area contributed by atoms with Crippen LogP contribution < -0.4 is 4.74 Å². The molecule has 0 radical (unpaired) electrons. The topological polar surface area (TPSA) is 46.5 Å². The molecule has 0 aliphatic heterocycles. The van der Waals surface area contributed by atoms with Gasteiger partial charge in [0.1, 0.15) is 5.75 Å². The summed E-state index contributed by atoms with van der Waals surface area (Å²) in [5.74, 6) is 1.88. The van der Waals surface area contributed by atoms with Gasteiger partial charge in [-0.3, -0.25) is 0 Å². The predicted octanol–water partition coefficient (Wildman–Crippen LogP) is 2.67. The molecule has 4 heteroatoms. The van der Waals surface area contributed by atoms with Gasteiger partial charge >= 0.3 is 5.97 Å². The van der Waals surface area contributed by atoms with E-state index in [1.165, 1.54) is 0 Å². The van der Waals surface area contributed by atoms with Crippen molar-refractivity contribution < 1.29 is 14.6 Å². The van der Waals surface area contributed by atoms with Crippen LogP contribution in [0.5, 0.6) is 5.75 Å². The SMILES string of the molecule is C#Cc1cc(Br)ccc1OC(CC)C(=O)O. The zero-order valence-electron chi connectivity index (χ0n) is 8.74. The summed E-state index contributed by atoms with van der Waals surface area (Å²) in [5.41, 5.74) is 0.536. The van der Waals surface area contributed by atoms with Gasteiger partial charge in [-0.05, 0) is 24.6 Å². The molecule has 0 saturated heterocycles. The lowest BCUT2D eigenvalue weighted by molar-refractivity contribution is -0.145. The Labute approximate surface area is 103 Å². The van der Waals surface area contributed by atoms with Crippen LogP contribution in [0.4, 0.5) is 0 Å². The van der Waals surface area contributed by atoms with Crippen LogP contribution >= 0.6 is 15.9 Å². The Morgan fingerprint density at radius 3 is 2.88 bits per heavy atom. The average Bonchev–Trinajstić information content (AvgIpc) is 2.26. The van der Waals surface area contributed by atoms with Crippen molar-refractivity contribution in [2.45, 2.75) is 19.4 Å². The quantitative estimate of drug-likeness (QED) is 0.864. The van der Waals surface area contributed by atoms with Gasteiger partial charge in [0.05, 0.1) is 5.56 Å². The third-order valence-corrected chi connectivity index (χ3v) is 2.51. The first-order chi connectivity index (χ1) is 7.58. The first kappa shape index (κ1) is 12.6. The van der Waals surface area contributed by atoms with E-state index < -0.39 is 12.1 Å². The third kappa shape index (κ3) is 3.01. The van der Waals surface area contributed by atoms with Crippen molar-refractivity contribution in [3.8, 4) is 18.1 Å². The Bertz CT molecular complexity index is 434. The summed E-state index contributed by atoms with van der Waals surface area (Å²) in [5, 5.41) is 8.87. The molecule has 0 bridgehead atoms. The van der Waals surface area contributed by atoms with Crippen molar-refractivity contribution in [3.63, 3.8) is 0 Å². The Morgan fingerprint density at radius 1 is 1.69 bits per heavy atom. The second kappa shape index (κ2) is 5.57. The fourth-order valence-electron chi connectivity index (χ4n) is 1.18. The van der Waals surface area contributed by atoms with Crippen LogP contribution in [0.2, 0.25) is 0 Å². The van der Waals surface area contributed by atoms with E-state index in [0.29, 0.717) is 17.7 Å². The number of terminal acetylenes is 1. The lowest BCUT2D eigenvalue weighted by Crippen LogP contribution is -2.26. The second-order valence-corrected chi connectivity index (χ2v) is 4.05. The van der Waals surface area contributed by atoms with Crippen LogP contribution in [0.3, 0.4) is 0 Å². The summed E-state index contributed by atoms with van der Waals surface area (Å²) in [6.07, 6.45) is 4.83. The van der Waals surface area contributed by atoms with E-state index in [-0.39, 0.29) is 0 Å². The Kier molecular flexibility index (Phi) is 4.39. The van der Waals surface area contributed by atoms with E-state index in [4.69, 9.17) is 16.3 Å². The summed E-state index contributed by atoms with van der Waals surface area (Å²) in [7, 11) is 0. The number of aliphatic carboxylic acids is 1. The molecule has 16 heavy (non-hydrogen) atoms. The fraction of sp³-hybridized carbons (Fsp3) is 0.250. The first-order valence-electron chi connectivity index (χ1n) is 4.74. The lowest BCUT2D eigenvalue weighted by Gasteiger charge is -2.14. The van der Waals surface area contributed by atoms with Gasteiger partial charge < -0.3 is 9.84 Å². The smallest absolute Gasteiger partial charge is 0.344 e. The monoisotopic (exact) mass is 282 g/mol. The van der Waals surface area contributed by atoms with Gasteiger partial charge in [-0.25, -0.2) is 4.79 Å². The van der Waals surface area contributed by atoms with Crippen LogP contribution in [0.15, 0.2) is 22.7 Å². The van der Waals surface area contributed by atoms with Crippen molar-refractivity contribution >= 4 is 21.9 Å². The largest absolute Gasteiger partial charge is 0.479 e. The third-order valence-electron chi connectivity index (χ3n) is 2.01. The molecule has 1 unspecified atom stereocenters. The maximum absolute atomic E-state index is 10.8. The Balaban J connectivity index is 2.97. The molecule has 0 heterocycles. The highest BCUT2D eigenvalue weighted by molar-refractivity contribution is 9.10. The molecule has 1 rings (SSSR count). The molecule has 0 spiro atoms. The van der Waals surface area contributed by atoms with E-state index in [9.17, 15) is 4.79 Å². The summed E-state index contributed by atoms with van der Waals surface area (Å²) in [4.78, 5) is 10.8. The van der Waals surface area contributed by atoms with Crippen molar-refractivity contribution in [3.05, 3.63) is 28.2 Å². The number of halogens is 1. The highest BCUT2D eigenvalue weighted by Crippen LogP contribution is 2.23. The number of ether oxygens (including phenoxy) is 1. The van der Waals surface area contributed by atoms with Crippen LogP contribution in [0.1, 0.15) is 18.9 Å². The molecular formula is C12H11BrO3. The molecule has 1 atom stereocenters. The summed E-state index contributed by atoms with van der Waals surface area (Å²) < 4.78 is 6.17. The minimum absolute atomic E-state index is 0.384. The van der Waals surface area contributed by atoms with E-state index in [1.807, 2.05) is 0 Å². The molecule has 0 aromatic heterocycles. The molecule has 84 valence electrons. The number of carbonyl (C=O) groups is 1. The first-order valence-corrected chi connectivity index (χ1v) is 5.53. The van der Waals surface area contributed by atoms with E-state index in [0.717, 1.165) is 4.47 Å². The standard InChI is InChI=1S/C12H11BrO3/c1-3-8-7-9(13)5-6-11(8)16-10(4-2)12(14)15/h1,5-7,10H,4H2,2H3,(H,14,15). The van der Waals surface area contributed by atoms with Crippen LogP contribution in [-0.4, -0.2) is 17.2 Å². The molecular weight excluding hydrogens is 272 g/mol. The average molecular weight is 283 g/mol. The number of hydrogen-bond donors (Lipinski definition) is 1. The van der Waals surface area contributed by atoms with Gasteiger partial charge in [-0.15, -0.1) is 6.42 Å². The number of carboxylic acid groups (broad SMARTS) is 1. The minimum atomic E-state index is -0.992. The van der Waals surface area contributed by atoms with E-state index in [2.05, 4.69) is 21.9 Å². The number of benzene rings is 1. The molecule has 0 fully saturated rings. The molecule has 0 aliphatic carbocycles. The fourth-order valence-corrected chi connectivity index (χ4v) is 1.54. The zero-order valence-corrected chi connectivity index (χ0v) is 10.3. The maximum Gasteiger partial charge on any atom is 0.344 e. The minimum Gasteiger partial charge on any atom is -0.479 e. The van der Waals surface area contributed by atoms with Gasteiger partial charge in [-0.1, -0.05) is 28.8 Å². The molecule has 0 aliphatic rings. The Morgan fingerprint density at radius 2 is 2.38 bits per heavy atom. The lowest BCUT2D eigenvalue weighted by atomic mass is 10.2. The number of rotatable bonds is 4. The van der Waals surface area contributed by atoms with Crippen molar-refractivity contribution in [2.75, 3.05) is 0 Å². The highest BCUT2D eigenvalue weighted by atomic mass is 79.9. The summed E-state index contributed by atoms with van der Waals surface area (Å²) >= 11 is 3.28. The van der Waals surface area contributed by atoms with Crippen LogP contribution in [-0.2, 0) is 4.79 Å². The molecule has 3 nitrogen and oxygen atoms in total. The van der Waals surface area contributed by atoms with E-state index >= 15 is 0 Å². The van der Waals surface area contributed by atoms with Crippen LogP contribution in [0.25, 0.3) is 0 Å². The number of hydrogen-bond acceptors (Lipinski definition) is 2. The van der Waals surface area contributed by atoms with Crippen molar-refractivity contribution in [1.82, 2.24) is 0 Å². The normalized spacial score (nSPS) is 11.6. The maximum atomic E-state index is 10.8. The van der Waals surface area contributed by atoms with E-state index in [1.54, 1.807) is 25.1 Å². The molecule has 0 amide bonds. The zero-order chi connectivity index (χ0) is 12.1. The van der Waals surface area contributed by atoms with Gasteiger partial charge in [0.2, 0.25) is 0 Å². The van der Waals surface area contributed by atoms with Gasteiger partial charge in [0.25, 0.3) is 0 Å². The van der Waals surface area contributed by atoms with Gasteiger partial charge in [0.15, 0.2) is 6.10 Å². The highest BCUT2D eigenvalue weighted by Gasteiger charge is 2.17. The molecule has 1 aromatic carbocycles. The van der Waals surface area contributed by atoms with Gasteiger partial charge in [0, 0.05) is 4.47 Å². The van der Waals surface area contributed by atoms with Crippen LogP contribution in [0, 0.1) is 12.3 Å². The molecule has 0 saturated carbocycles. The molecule has 1 N–H and O–H groups in total. The summed E-state index contributed by atoms with van der Waals surface area (Å²) in [6, 6.07) is 5.12. The van der Waals surface area contributed by atoms with Crippen molar-refractivity contribution in [2.24, 2.45) is 0 Å². The molecule has 1 aromatic rings. The number of carboxylic acids is 1. The van der Waals surface area contributed by atoms with Crippen molar-refractivity contribution in [1.29, 1.82) is 0 Å². The predicted molar refractivity (Wildman–Crippen MR) is 64.4 cm³/mol. The second-order valence-electron chi connectivity index (χ2n) is 3.14. The van der Waals surface area contributed by atoms with Gasteiger partial charge in [-0.2, -0.15) is 0 Å². The summed E-state index contributed by atoms with van der Waals surface area (Å²) in [6.45, 7) is 1.74. The Hall–Kier alpha value is -1.47.